The average molecular weight is 395 g/mol. The van der Waals surface area contributed by atoms with Crippen molar-refractivity contribution in [3.05, 3.63) is 76.0 Å². The molecule has 8 nitrogen and oxygen atoms in total. The van der Waals surface area contributed by atoms with E-state index in [1.807, 2.05) is 32.0 Å². The number of amides is 2. The Morgan fingerprint density at radius 2 is 1.69 bits per heavy atom. The summed E-state index contributed by atoms with van der Waals surface area (Å²) in [5, 5.41) is 13.9. The first-order chi connectivity index (χ1) is 13.9. The van der Waals surface area contributed by atoms with E-state index >= 15 is 0 Å². The molecule has 1 heterocycles. The molecule has 0 bridgehead atoms. The Kier molecular flexibility index (Phi) is 6.04. The molecule has 2 amide bonds. The van der Waals surface area contributed by atoms with Gasteiger partial charge < -0.3 is 10.1 Å². The molecule has 29 heavy (non-hydrogen) atoms. The summed E-state index contributed by atoms with van der Waals surface area (Å²) < 4.78 is 5.48. The number of nitrogens with zero attached hydrogens (tertiary/aromatic N) is 2. The average Bonchev–Trinajstić information content (AvgIpc) is 2.93. The molecule has 150 valence electrons. The van der Waals surface area contributed by atoms with Crippen molar-refractivity contribution in [1.29, 1.82) is 0 Å². The highest BCUT2D eigenvalue weighted by Gasteiger charge is 2.39. The van der Waals surface area contributed by atoms with Gasteiger partial charge in [0, 0.05) is 17.8 Å². The molecule has 8 heteroatoms. The number of carbonyl (C=O) groups is 2. The number of nitro benzene ring substituents is 1. The maximum absolute atomic E-state index is 13.0. The van der Waals surface area contributed by atoms with E-state index in [1.165, 1.54) is 24.3 Å². The van der Waals surface area contributed by atoms with Crippen LogP contribution in [-0.4, -0.2) is 40.9 Å². The summed E-state index contributed by atoms with van der Waals surface area (Å²) in [5.74, 6) is -0.922. The van der Waals surface area contributed by atoms with E-state index in [0.717, 1.165) is 4.90 Å². The van der Waals surface area contributed by atoms with E-state index < -0.39 is 16.7 Å². The number of ether oxygens (including phenoxy) is 1. The van der Waals surface area contributed by atoms with E-state index in [2.05, 4.69) is 5.32 Å². The lowest BCUT2D eigenvalue weighted by Gasteiger charge is -2.16. The Morgan fingerprint density at radius 1 is 1.03 bits per heavy atom. The van der Waals surface area contributed by atoms with Gasteiger partial charge in [0.15, 0.2) is 0 Å². The highest BCUT2D eigenvalue weighted by atomic mass is 16.6. The van der Waals surface area contributed by atoms with Crippen molar-refractivity contribution in [3.63, 3.8) is 0 Å². The van der Waals surface area contributed by atoms with Crippen LogP contribution >= 0.6 is 0 Å². The van der Waals surface area contributed by atoms with Gasteiger partial charge in [0.05, 0.1) is 29.8 Å². The molecule has 1 aliphatic rings. The Balaban J connectivity index is 1.96. The van der Waals surface area contributed by atoms with Crippen molar-refractivity contribution in [1.82, 2.24) is 4.90 Å². The Morgan fingerprint density at radius 3 is 2.28 bits per heavy atom. The van der Waals surface area contributed by atoms with Crippen LogP contribution in [0.4, 0.5) is 11.4 Å². The number of non-ortho nitro benzene ring substituents is 1. The highest BCUT2D eigenvalue weighted by molar-refractivity contribution is 6.36. The lowest BCUT2D eigenvalue weighted by Crippen LogP contribution is -2.35. The number of nitro groups is 1. The fourth-order valence-corrected chi connectivity index (χ4v) is 2.96. The van der Waals surface area contributed by atoms with Gasteiger partial charge in [-0.2, -0.15) is 0 Å². The predicted molar refractivity (Wildman–Crippen MR) is 108 cm³/mol. The standard InChI is InChI=1S/C21H21N3O5/c1-14(2)29-13-12-23-20(25)18(15-8-10-17(11-9-15)24(27)28)19(21(23)26)22-16-6-4-3-5-7-16/h3-11,14,22H,12-13H2,1-2H3. The second-order valence-corrected chi connectivity index (χ2v) is 6.73. The number of benzene rings is 2. The van der Waals surface area contributed by atoms with Gasteiger partial charge >= 0.3 is 0 Å². The maximum atomic E-state index is 13.0. The van der Waals surface area contributed by atoms with Crippen molar-refractivity contribution in [2.45, 2.75) is 20.0 Å². The van der Waals surface area contributed by atoms with E-state index in [9.17, 15) is 19.7 Å². The van der Waals surface area contributed by atoms with Crippen LogP contribution in [0.3, 0.4) is 0 Å². The zero-order valence-electron chi connectivity index (χ0n) is 16.1. The monoisotopic (exact) mass is 395 g/mol. The van der Waals surface area contributed by atoms with Gasteiger partial charge in [-0.15, -0.1) is 0 Å². The molecule has 0 fully saturated rings. The topological polar surface area (TPSA) is 102 Å². The number of rotatable bonds is 8. The molecule has 1 aliphatic heterocycles. The summed E-state index contributed by atoms with van der Waals surface area (Å²) in [7, 11) is 0. The Bertz CT molecular complexity index is 952. The SMILES string of the molecule is CC(C)OCCN1C(=O)C(Nc2ccccc2)=C(c2ccc([N+](=O)[O-])cc2)C1=O. The van der Waals surface area contributed by atoms with Crippen molar-refractivity contribution >= 4 is 28.8 Å². The van der Waals surface area contributed by atoms with Gasteiger partial charge in [-0.05, 0) is 43.7 Å². The number of para-hydroxylation sites is 1. The molecule has 0 aliphatic carbocycles. The summed E-state index contributed by atoms with van der Waals surface area (Å²) in [5.41, 5.74) is 1.31. The maximum Gasteiger partial charge on any atom is 0.278 e. The molecule has 0 spiro atoms. The van der Waals surface area contributed by atoms with Gasteiger partial charge in [0.1, 0.15) is 5.70 Å². The second kappa shape index (κ2) is 8.66. The smallest absolute Gasteiger partial charge is 0.278 e. The fourth-order valence-electron chi connectivity index (χ4n) is 2.96. The highest BCUT2D eigenvalue weighted by Crippen LogP contribution is 2.31. The van der Waals surface area contributed by atoms with E-state index in [1.54, 1.807) is 12.1 Å². The lowest BCUT2D eigenvalue weighted by atomic mass is 10.0. The largest absolute Gasteiger partial charge is 0.377 e. The zero-order chi connectivity index (χ0) is 21.0. The first-order valence-corrected chi connectivity index (χ1v) is 9.17. The summed E-state index contributed by atoms with van der Waals surface area (Å²) in [4.78, 5) is 37.5. The Labute approximate surface area is 167 Å². The van der Waals surface area contributed by atoms with Gasteiger partial charge in [0.25, 0.3) is 17.5 Å². The molecule has 2 aromatic carbocycles. The van der Waals surface area contributed by atoms with Gasteiger partial charge in [-0.3, -0.25) is 24.6 Å². The first kappa shape index (κ1) is 20.2. The molecule has 0 atom stereocenters. The van der Waals surface area contributed by atoms with E-state index in [0.29, 0.717) is 11.3 Å². The minimum Gasteiger partial charge on any atom is -0.377 e. The minimum absolute atomic E-state index is 0.0215. The van der Waals surface area contributed by atoms with Gasteiger partial charge in [-0.1, -0.05) is 18.2 Å². The molecule has 3 rings (SSSR count). The van der Waals surface area contributed by atoms with Crippen LogP contribution in [0, 0.1) is 10.1 Å². The summed E-state index contributed by atoms with van der Waals surface area (Å²) in [6, 6.07) is 14.6. The summed E-state index contributed by atoms with van der Waals surface area (Å²) in [6.45, 7) is 4.08. The van der Waals surface area contributed by atoms with Crippen LogP contribution in [0.5, 0.6) is 0 Å². The second-order valence-electron chi connectivity index (χ2n) is 6.73. The molecule has 0 aromatic heterocycles. The van der Waals surface area contributed by atoms with Crippen molar-refractivity contribution < 1.29 is 19.2 Å². The van der Waals surface area contributed by atoms with Crippen LogP contribution < -0.4 is 5.32 Å². The third-order valence-corrected chi connectivity index (χ3v) is 4.34. The number of carbonyl (C=O) groups excluding carboxylic acids is 2. The Hall–Kier alpha value is -3.52. The van der Waals surface area contributed by atoms with E-state index in [-0.39, 0.29) is 36.2 Å². The fraction of sp³-hybridized carbons (Fsp3) is 0.238. The van der Waals surface area contributed by atoms with Crippen molar-refractivity contribution in [3.8, 4) is 0 Å². The first-order valence-electron chi connectivity index (χ1n) is 9.17. The molecule has 1 N–H and O–H groups in total. The minimum atomic E-state index is -0.515. The molecule has 0 radical (unpaired) electrons. The summed E-state index contributed by atoms with van der Waals surface area (Å²) >= 11 is 0. The predicted octanol–water partition coefficient (Wildman–Crippen LogP) is 3.21. The molecule has 0 saturated heterocycles. The quantitative estimate of drug-likeness (QED) is 0.418. The number of imide groups is 1. The van der Waals surface area contributed by atoms with Crippen molar-refractivity contribution in [2.24, 2.45) is 0 Å². The van der Waals surface area contributed by atoms with Gasteiger partial charge in [0.2, 0.25) is 0 Å². The lowest BCUT2D eigenvalue weighted by molar-refractivity contribution is -0.384. The third kappa shape index (κ3) is 4.49. The van der Waals surface area contributed by atoms with Crippen LogP contribution in [0.15, 0.2) is 60.3 Å². The van der Waals surface area contributed by atoms with Gasteiger partial charge in [-0.25, -0.2) is 0 Å². The van der Waals surface area contributed by atoms with E-state index in [4.69, 9.17) is 4.74 Å². The number of anilines is 1. The van der Waals surface area contributed by atoms with Crippen LogP contribution in [0.2, 0.25) is 0 Å². The number of nitrogens with one attached hydrogen (secondary N) is 1. The van der Waals surface area contributed by atoms with Crippen LogP contribution in [-0.2, 0) is 14.3 Å². The molecule has 2 aromatic rings. The third-order valence-electron chi connectivity index (χ3n) is 4.34. The van der Waals surface area contributed by atoms with Crippen molar-refractivity contribution in [2.75, 3.05) is 18.5 Å². The zero-order valence-corrected chi connectivity index (χ0v) is 16.1. The molecule has 0 saturated carbocycles. The molecule has 0 unspecified atom stereocenters. The molecular formula is C21H21N3O5. The molecular weight excluding hydrogens is 374 g/mol. The number of hydrogen-bond donors (Lipinski definition) is 1. The van der Waals surface area contributed by atoms with Crippen LogP contribution in [0.1, 0.15) is 19.4 Å². The van der Waals surface area contributed by atoms with Crippen LogP contribution in [0.25, 0.3) is 5.57 Å². The number of hydrogen-bond acceptors (Lipinski definition) is 6. The normalized spacial score (nSPS) is 14.1. The summed E-state index contributed by atoms with van der Waals surface area (Å²) in [6.07, 6.45) is -0.0215.